The Morgan fingerprint density at radius 3 is 2.55 bits per heavy atom. The fraction of sp³-hybridized carbons (Fsp3) is 0.529. The highest BCUT2D eigenvalue weighted by molar-refractivity contribution is 5.82. The number of para-hydroxylation sites is 1. The van der Waals surface area contributed by atoms with Gasteiger partial charge in [-0.2, -0.15) is 0 Å². The van der Waals surface area contributed by atoms with Gasteiger partial charge in [0.2, 0.25) is 0 Å². The van der Waals surface area contributed by atoms with Crippen molar-refractivity contribution in [1.82, 2.24) is 4.90 Å². The molecule has 2 rings (SSSR count). The lowest BCUT2D eigenvalue weighted by Crippen LogP contribution is -2.36. The lowest BCUT2D eigenvalue weighted by Gasteiger charge is -2.31. The molecular formula is C17H26N2O. The van der Waals surface area contributed by atoms with Crippen molar-refractivity contribution in [2.24, 2.45) is 11.7 Å². The van der Waals surface area contributed by atoms with E-state index in [0.717, 1.165) is 24.4 Å². The Morgan fingerprint density at radius 2 is 1.95 bits per heavy atom. The molecule has 0 bridgehead atoms. The van der Waals surface area contributed by atoms with Crippen LogP contribution in [0.3, 0.4) is 0 Å². The molecule has 2 aromatic rings. The summed E-state index contributed by atoms with van der Waals surface area (Å²) in [6.07, 6.45) is 0. The number of hydrogen-bond acceptors (Lipinski definition) is 3. The van der Waals surface area contributed by atoms with Gasteiger partial charge in [0.25, 0.3) is 0 Å². The van der Waals surface area contributed by atoms with E-state index < -0.39 is 0 Å². The van der Waals surface area contributed by atoms with Crippen LogP contribution in [0.25, 0.3) is 11.0 Å². The SMILES string of the molecule is CCN(CC(C)C)C(CN)c1c(C)oc2ccccc12. The van der Waals surface area contributed by atoms with E-state index in [-0.39, 0.29) is 6.04 Å². The Balaban J connectivity index is 2.45. The number of furan rings is 1. The van der Waals surface area contributed by atoms with Crippen molar-refractivity contribution in [3.05, 3.63) is 35.6 Å². The van der Waals surface area contributed by atoms with Crippen LogP contribution < -0.4 is 5.73 Å². The summed E-state index contributed by atoms with van der Waals surface area (Å²) in [6, 6.07) is 8.46. The minimum atomic E-state index is 0.228. The molecule has 0 saturated carbocycles. The maximum absolute atomic E-state index is 6.09. The first kappa shape index (κ1) is 15.1. The molecule has 2 N–H and O–H groups in total. The molecule has 3 nitrogen and oxygen atoms in total. The maximum Gasteiger partial charge on any atom is 0.134 e. The molecule has 0 amide bonds. The van der Waals surface area contributed by atoms with Crippen molar-refractivity contribution in [1.29, 1.82) is 0 Å². The first-order chi connectivity index (χ1) is 9.58. The molecule has 20 heavy (non-hydrogen) atoms. The standard InChI is InChI=1S/C17H26N2O/c1-5-19(11-12(2)3)15(10-18)17-13(4)20-16-9-7-6-8-14(16)17/h6-9,12,15H,5,10-11,18H2,1-4H3. The molecule has 0 fully saturated rings. The lowest BCUT2D eigenvalue weighted by atomic mass is 10.0. The fourth-order valence-electron chi connectivity index (χ4n) is 3.00. The van der Waals surface area contributed by atoms with Crippen LogP contribution >= 0.6 is 0 Å². The van der Waals surface area contributed by atoms with Gasteiger partial charge in [0.05, 0.1) is 6.04 Å². The van der Waals surface area contributed by atoms with E-state index in [0.29, 0.717) is 12.5 Å². The van der Waals surface area contributed by atoms with Gasteiger partial charge in [0.15, 0.2) is 0 Å². The normalized spacial score (nSPS) is 13.6. The second-order valence-corrected chi connectivity index (χ2v) is 5.80. The third-order valence-corrected chi connectivity index (χ3v) is 3.82. The van der Waals surface area contributed by atoms with E-state index >= 15 is 0 Å². The quantitative estimate of drug-likeness (QED) is 0.873. The summed E-state index contributed by atoms with van der Waals surface area (Å²) in [5.41, 5.74) is 8.31. The van der Waals surface area contributed by atoms with Crippen LogP contribution in [0.15, 0.2) is 28.7 Å². The highest BCUT2D eigenvalue weighted by Crippen LogP contribution is 2.33. The average Bonchev–Trinajstić information content (AvgIpc) is 2.75. The minimum Gasteiger partial charge on any atom is -0.461 e. The second kappa shape index (κ2) is 6.42. The number of likely N-dealkylation sites (N-methyl/N-ethyl adjacent to an activating group) is 1. The van der Waals surface area contributed by atoms with Crippen LogP contribution in [0.5, 0.6) is 0 Å². The van der Waals surface area contributed by atoms with Gasteiger partial charge in [-0.3, -0.25) is 4.90 Å². The highest BCUT2D eigenvalue weighted by Gasteiger charge is 2.24. The minimum absolute atomic E-state index is 0.228. The molecular weight excluding hydrogens is 248 g/mol. The van der Waals surface area contributed by atoms with Crippen LogP contribution in [-0.4, -0.2) is 24.5 Å². The number of nitrogens with two attached hydrogens (primary N) is 1. The second-order valence-electron chi connectivity index (χ2n) is 5.80. The zero-order valence-corrected chi connectivity index (χ0v) is 13.0. The lowest BCUT2D eigenvalue weighted by molar-refractivity contribution is 0.188. The molecule has 110 valence electrons. The van der Waals surface area contributed by atoms with E-state index in [1.165, 1.54) is 10.9 Å². The van der Waals surface area contributed by atoms with Gasteiger partial charge in [-0.25, -0.2) is 0 Å². The predicted octanol–water partition coefficient (Wildman–Crippen LogP) is 3.72. The number of rotatable bonds is 6. The summed E-state index contributed by atoms with van der Waals surface area (Å²) in [6.45, 7) is 11.4. The number of benzene rings is 1. The molecule has 0 aliphatic heterocycles. The number of hydrogen-bond donors (Lipinski definition) is 1. The average molecular weight is 274 g/mol. The van der Waals surface area contributed by atoms with Crippen LogP contribution in [0.4, 0.5) is 0 Å². The number of nitrogens with zero attached hydrogens (tertiary/aromatic N) is 1. The Bertz CT molecular complexity index is 559. The first-order valence-corrected chi connectivity index (χ1v) is 7.50. The van der Waals surface area contributed by atoms with Crippen LogP contribution in [0, 0.1) is 12.8 Å². The summed E-state index contributed by atoms with van der Waals surface area (Å²) < 4.78 is 5.90. The van der Waals surface area contributed by atoms with Crippen molar-refractivity contribution >= 4 is 11.0 Å². The Kier molecular flexibility index (Phi) is 4.84. The van der Waals surface area contributed by atoms with Crippen molar-refractivity contribution in [3.8, 4) is 0 Å². The molecule has 1 aromatic heterocycles. The van der Waals surface area contributed by atoms with E-state index in [1.54, 1.807) is 0 Å². The summed E-state index contributed by atoms with van der Waals surface area (Å²) in [4.78, 5) is 2.45. The zero-order chi connectivity index (χ0) is 14.7. The first-order valence-electron chi connectivity index (χ1n) is 7.50. The van der Waals surface area contributed by atoms with E-state index in [4.69, 9.17) is 10.2 Å². The van der Waals surface area contributed by atoms with E-state index in [1.807, 2.05) is 19.1 Å². The topological polar surface area (TPSA) is 42.4 Å². The van der Waals surface area contributed by atoms with Gasteiger partial charge in [0, 0.05) is 24.0 Å². The maximum atomic E-state index is 6.09. The van der Waals surface area contributed by atoms with Gasteiger partial charge in [-0.1, -0.05) is 39.0 Å². The molecule has 1 heterocycles. The molecule has 1 unspecified atom stereocenters. The summed E-state index contributed by atoms with van der Waals surface area (Å²) in [7, 11) is 0. The molecule has 3 heteroatoms. The van der Waals surface area contributed by atoms with E-state index in [9.17, 15) is 0 Å². The smallest absolute Gasteiger partial charge is 0.134 e. The number of aryl methyl sites for hydroxylation is 1. The third kappa shape index (κ3) is 2.89. The molecule has 0 saturated heterocycles. The third-order valence-electron chi connectivity index (χ3n) is 3.82. The van der Waals surface area contributed by atoms with Crippen molar-refractivity contribution < 1.29 is 4.42 Å². The van der Waals surface area contributed by atoms with Crippen LogP contribution in [0.1, 0.15) is 38.1 Å². The molecule has 1 aromatic carbocycles. The van der Waals surface area contributed by atoms with Crippen LogP contribution in [-0.2, 0) is 0 Å². The van der Waals surface area contributed by atoms with Gasteiger partial charge in [0.1, 0.15) is 11.3 Å². The zero-order valence-electron chi connectivity index (χ0n) is 13.0. The van der Waals surface area contributed by atoms with Gasteiger partial charge in [-0.15, -0.1) is 0 Å². The monoisotopic (exact) mass is 274 g/mol. The molecule has 0 spiro atoms. The summed E-state index contributed by atoms with van der Waals surface area (Å²) in [5, 5.41) is 1.20. The molecule has 0 radical (unpaired) electrons. The molecule has 0 aliphatic carbocycles. The van der Waals surface area contributed by atoms with Gasteiger partial charge < -0.3 is 10.2 Å². The highest BCUT2D eigenvalue weighted by atomic mass is 16.3. The van der Waals surface area contributed by atoms with Crippen molar-refractivity contribution in [3.63, 3.8) is 0 Å². The summed E-state index contributed by atoms with van der Waals surface area (Å²) in [5.74, 6) is 1.62. The summed E-state index contributed by atoms with van der Waals surface area (Å²) >= 11 is 0. The Morgan fingerprint density at radius 1 is 1.25 bits per heavy atom. The number of fused-ring (bicyclic) bond motifs is 1. The Labute approximate surface area is 121 Å². The van der Waals surface area contributed by atoms with Gasteiger partial charge in [-0.05, 0) is 25.5 Å². The van der Waals surface area contributed by atoms with Crippen molar-refractivity contribution in [2.45, 2.75) is 33.7 Å². The predicted molar refractivity (Wildman–Crippen MR) is 84.8 cm³/mol. The molecule has 1 atom stereocenters. The Hall–Kier alpha value is -1.32. The van der Waals surface area contributed by atoms with E-state index in [2.05, 4.69) is 37.8 Å². The largest absolute Gasteiger partial charge is 0.461 e. The van der Waals surface area contributed by atoms with Gasteiger partial charge >= 0.3 is 0 Å². The van der Waals surface area contributed by atoms with Crippen LogP contribution in [0.2, 0.25) is 0 Å². The fourth-order valence-corrected chi connectivity index (χ4v) is 3.00. The van der Waals surface area contributed by atoms with Crippen molar-refractivity contribution in [2.75, 3.05) is 19.6 Å². The molecule has 0 aliphatic rings.